The Morgan fingerprint density at radius 1 is 1.10 bits per heavy atom. The number of benzene rings is 2. The molecule has 7 nitrogen and oxygen atoms in total. The summed E-state index contributed by atoms with van der Waals surface area (Å²) in [5, 5.41) is 2.96. The van der Waals surface area contributed by atoms with Crippen molar-refractivity contribution in [3.05, 3.63) is 70.0 Å². The Bertz CT molecular complexity index is 1170. The van der Waals surface area contributed by atoms with Crippen molar-refractivity contribution in [2.75, 3.05) is 11.9 Å². The van der Waals surface area contributed by atoms with Crippen LogP contribution in [-0.2, 0) is 22.5 Å². The van der Waals surface area contributed by atoms with Gasteiger partial charge in [0.05, 0.1) is 16.5 Å². The lowest BCUT2D eigenvalue weighted by atomic mass is 10.1. The van der Waals surface area contributed by atoms with Gasteiger partial charge >= 0.3 is 5.97 Å². The van der Waals surface area contributed by atoms with Gasteiger partial charge in [0.25, 0.3) is 11.5 Å². The van der Waals surface area contributed by atoms with Crippen LogP contribution in [0.25, 0.3) is 10.9 Å². The number of rotatable bonds is 4. The van der Waals surface area contributed by atoms with E-state index in [0.717, 1.165) is 31.5 Å². The molecule has 2 aromatic carbocycles. The predicted octanol–water partition coefficient (Wildman–Crippen LogP) is 3.06. The van der Waals surface area contributed by atoms with E-state index in [4.69, 9.17) is 4.74 Å². The van der Waals surface area contributed by atoms with Crippen molar-refractivity contribution in [2.24, 2.45) is 0 Å². The number of carbonyl (C=O) groups excluding carboxylic acids is 2. The van der Waals surface area contributed by atoms with E-state index in [1.54, 1.807) is 10.6 Å². The van der Waals surface area contributed by atoms with E-state index in [1.165, 1.54) is 36.4 Å². The van der Waals surface area contributed by atoms with Crippen LogP contribution < -0.4 is 10.9 Å². The van der Waals surface area contributed by atoms with E-state index in [2.05, 4.69) is 10.3 Å². The van der Waals surface area contributed by atoms with E-state index in [9.17, 15) is 18.8 Å². The van der Waals surface area contributed by atoms with Crippen molar-refractivity contribution in [1.82, 2.24) is 9.55 Å². The van der Waals surface area contributed by atoms with Gasteiger partial charge in [-0.3, -0.25) is 14.2 Å². The van der Waals surface area contributed by atoms with Crippen LogP contribution in [0.15, 0.2) is 47.3 Å². The molecule has 4 rings (SSSR count). The maximum atomic E-state index is 12.9. The molecule has 1 amide bonds. The Kier molecular flexibility index (Phi) is 5.56. The molecule has 154 valence electrons. The first-order chi connectivity index (χ1) is 14.5. The number of hydrogen-bond acceptors (Lipinski definition) is 5. The van der Waals surface area contributed by atoms with Crippen LogP contribution >= 0.6 is 0 Å². The van der Waals surface area contributed by atoms with Gasteiger partial charge in [0.2, 0.25) is 0 Å². The molecule has 0 fully saturated rings. The Hall–Kier alpha value is -3.55. The fraction of sp³-hybridized carbons (Fsp3) is 0.273. The number of nitrogens with zero attached hydrogens (tertiary/aromatic N) is 2. The first-order valence-electron chi connectivity index (χ1n) is 9.77. The molecule has 0 unspecified atom stereocenters. The Morgan fingerprint density at radius 3 is 2.70 bits per heavy atom. The molecule has 30 heavy (non-hydrogen) atoms. The van der Waals surface area contributed by atoms with Crippen LogP contribution in [0.5, 0.6) is 0 Å². The highest BCUT2D eigenvalue weighted by atomic mass is 19.1. The average molecular weight is 409 g/mol. The number of amides is 1. The molecule has 0 bridgehead atoms. The Balaban J connectivity index is 1.47. The number of carbonyl (C=O) groups is 2. The fourth-order valence-corrected chi connectivity index (χ4v) is 3.49. The zero-order valence-corrected chi connectivity index (χ0v) is 16.2. The summed E-state index contributed by atoms with van der Waals surface area (Å²) in [6.45, 7) is 0.165. The summed E-state index contributed by atoms with van der Waals surface area (Å²) in [7, 11) is 0. The molecule has 1 N–H and O–H groups in total. The zero-order chi connectivity index (χ0) is 21.1. The lowest BCUT2D eigenvalue weighted by Crippen LogP contribution is -2.25. The number of esters is 1. The zero-order valence-electron chi connectivity index (χ0n) is 16.2. The largest absolute Gasteiger partial charge is 0.452 e. The molecular formula is C22H20FN3O4. The third kappa shape index (κ3) is 4.22. The van der Waals surface area contributed by atoms with Gasteiger partial charge in [-0.1, -0.05) is 6.42 Å². The van der Waals surface area contributed by atoms with Crippen molar-refractivity contribution >= 4 is 28.5 Å². The second-order valence-electron chi connectivity index (χ2n) is 7.16. The van der Waals surface area contributed by atoms with Crippen LogP contribution in [-0.4, -0.2) is 28.0 Å². The summed E-state index contributed by atoms with van der Waals surface area (Å²) < 4.78 is 19.7. The van der Waals surface area contributed by atoms with Gasteiger partial charge in [0.1, 0.15) is 11.6 Å². The van der Waals surface area contributed by atoms with E-state index in [-0.39, 0.29) is 11.1 Å². The van der Waals surface area contributed by atoms with Crippen LogP contribution in [0.1, 0.15) is 35.4 Å². The predicted molar refractivity (Wildman–Crippen MR) is 109 cm³/mol. The number of ether oxygens (including phenoxy) is 1. The van der Waals surface area contributed by atoms with E-state index in [1.807, 2.05) is 0 Å². The number of aryl methyl sites for hydroxylation is 1. The minimum absolute atomic E-state index is 0.101. The Labute approximate surface area is 171 Å². The van der Waals surface area contributed by atoms with Gasteiger partial charge in [-0.25, -0.2) is 14.2 Å². The van der Waals surface area contributed by atoms with Gasteiger partial charge < -0.3 is 10.1 Å². The SMILES string of the molecule is O=C(COC(=O)c1ccc2c(=O)n3c(nc2c1)CCCCC3)Nc1ccc(F)cc1. The van der Waals surface area contributed by atoms with Gasteiger partial charge in [0, 0.05) is 18.7 Å². The van der Waals surface area contributed by atoms with Gasteiger partial charge in [0.15, 0.2) is 6.61 Å². The molecule has 2 heterocycles. The summed E-state index contributed by atoms with van der Waals surface area (Å²) in [5.74, 6) is -0.921. The molecule has 0 saturated heterocycles. The van der Waals surface area contributed by atoms with Gasteiger partial charge in [-0.15, -0.1) is 0 Å². The summed E-state index contributed by atoms with van der Waals surface area (Å²) in [4.78, 5) is 41.6. The minimum atomic E-state index is -0.692. The number of anilines is 1. The second-order valence-corrected chi connectivity index (χ2v) is 7.16. The molecule has 0 aliphatic carbocycles. The highest BCUT2D eigenvalue weighted by Crippen LogP contribution is 2.17. The molecule has 0 atom stereocenters. The quantitative estimate of drug-likeness (QED) is 0.669. The number of hydrogen-bond donors (Lipinski definition) is 1. The monoisotopic (exact) mass is 409 g/mol. The maximum absolute atomic E-state index is 12.9. The molecule has 1 aliphatic rings. The third-order valence-corrected chi connectivity index (χ3v) is 5.01. The van der Waals surface area contributed by atoms with Gasteiger partial charge in [-0.05, 0) is 55.3 Å². The van der Waals surface area contributed by atoms with Crippen molar-refractivity contribution in [1.29, 1.82) is 0 Å². The average Bonchev–Trinajstić information content (AvgIpc) is 2.99. The van der Waals surface area contributed by atoms with Crippen LogP contribution in [0.2, 0.25) is 0 Å². The molecule has 1 aromatic heterocycles. The highest BCUT2D eigenvalue weighted by molar-refractivity contribution is 5.97. The molecule has 8 heteroatoms. The molecule has 3 aromatic rings. The fourth-order valence-electron chi connectivity index (χ4n) is 3.49. The first kappa shape index (κ1) is 19.8. The van der Waals surface area contributed by atoms with E-state index < -0.39 is 24.3 Å². The Morgan fingerprint density at radius 2 is 1.90 bits per heavy atom. The summed E-state index contributed by atoms with van der Waals surface area (Å²) in [6, 6.07) is 9.83. The van der Waals surface area contributed by atoms with Crippen molar-refractivity contribution in [2.45, 2.75) is 32.2 Å². The second kappa shape index (κ2) is 8.44. The van der Waals surface area contributed by atoms with Crippen molar-refractivity contribution in [3.63, 3.8) is 0 Å². The molecule has 0 spiro atoms. The summed E-state index contributed by atoms with van der Waals surface area (Å²) in [5.41, 5.74) is 0.949. The lowest BCUT2D eigenvalue weighted by Gasteiger charge is -2.11. The van der Waals surface area contributed by atoms with Crippen molar-refractivity contribution < 1.29 is 18.7 Å². The number of halogens is 1. The third-order valence-electron chi connectivity index (χ3n) is 5.01. The topological polar surface area (TPSA) is 90.3 Å². The number of fused-ring (bicyclic) bond motifs is 2. The van der Waals surface area contributed by atoms with Crippen molar-refractivity contribution in [3.8, 4) is 0 Å². The standard InChI is InChI=1S/C22H20FN3O4/c23-15-6-8-16(9-7-15)24-20(27)13-30-22(29)14-5-10-17-18(12-14)25-19-4-2-1-3-11-26(19)21(17)28/h5-10,12H,1-4,11,13H2,(H,24,27). The minimum Gasteiger partial charge on any atom is -0.452 e. The smallest absolute Gasteiger partial charge is 0.338 e. The number of aromatic nitrogens is 2. The molecule has 0 saturated carbocycles. The van der Waals surface area contributed by atoms with E-state index >= 15 is 0 Å². The maximum Gasteiger partial charge on any atom is 0.338 e. The molecule has 1 aliphatic heterocycles. The molecular weight excluding hydrogens is 389 g/mol. The normalized spacial score (nSPS) is 13.4. The van der Waals surface area contributed by atoms with Crippen LogP contribution in [0, 0.1) is 5.82 Å². The summed E-state index contributed by atoms with van der Waals surface area (Å²) in [6.07, 6.45) is 3.70. The first-order valence-corrected chi connectivity index (χ1v) is 9.77. The molecule has 0 radical (unpaired) electrons. The van der Waals surface area contributed by atoms with Gasteiger partial charge in [-0.2, -0.15) is 0 Å². The lowest BCUT2D eigenvalue weighted by molar-refractivity contribution is -0.119. The highest BCUT2D eigenvalue weighted by Gasteiger charge is 2.16. The number of nitrogens with one attached hydrogen (secondary N) is 1. The summed E-state index contributed by atoms with van der Waals surface area (Å²) >= 11 is 0. The van der Waals surface area contributed by atoms with Crippen LogP contribution in [0.4, 0.5) is 10.1 Å². The van der Waals surface area contributed by atoms with Crippen LogP contribution in [0.3, 0.4) is 0 Å². The van der Waals surface area contributed by atoms with E-state index in [0.29, 0.717) is 23.1 Å².